The number of hydrogen-bond acceptors (Lipinski definition) is 3. The first kappa shape index (κ1) is 10.2. The van der Waals surface area contributed by atoms with Gasteiger partial charge in [-0.05, 0) is 5.92 Å². The zero-order chi connectivity index (χ0) is 10.0. The summed E-state index contributed by atoms with van der Waals surface area (Å²) in [5.74, 6) is -0.254. The van der Waals surface area contributed by atoms with E-state index < -0.39 is 6.10 Å². The fraction of sp³-hybridized carbons (Fsp3) is 0.778. The molecule has 4 nitrogen and oxygen atoms in total. The Balaban J connectivity index is 2.52. The molecular weight excluding hydrogens is 170 g/mol. The van der Waals surface area contributed by atoms with Crippen LogP contribution in [0.4, 0.5) is 0 Å². The first-order chi connectivity index (χ1) is 6.02. The Bertz CT molecular complexity index is 209. The van der Waals surface area contributed by atoms with Gasteiger partial charge in [0.1, 0.15) is 0 Å². The van der Waals surface area contributed by atoms with Crippen molar-refractivity contribution in [1.82, 2.24) is 4.90 Å². The van der Waals surface area contributed by atoms with Crippen LogP contribution in [0.2, 0.25) is 0 Å². The molecule has 1 heterocycles. The third-order valence-corrected chi connectivity index (χ3v) is 2.29. The Hall–Kier alpha value is -0.900. The molecule has 0 radical (unpaired) electrons. The fourth-order valence-electron chi connectivity index (χ4n) is 1.22. The second-order valence-electron chi connectivity index (χ2n) is 3.71. The molecule has 4 heteroatoms. The van der Waals surface area contributed by atoms with Gasteiger partial charge in [0.25, 0.3) is 0 Å². The number of imide groups is 1. The number of hydrogen-bond donors (Lipinski definition) is 1. The zero-order valence-corrected chi connectivity index (χ0v) is 7.99. The Labute approximate surface area is 77.5 Å². The number of likely N-dealkylation sites (tertiary alicyclic amines) is 1. The number of aliphatic hydroxyl groups excluding tert-OH is 1. The normalized spacial score (nSPS) is 20.2. The molecule has 0 saturated carbocycles. The molecule has 1 rings (SSSR count). The maximum absolute atomic E-state index is 11.1. The maximum Gasteiger partial charge on any atom is 0.229 e. The zero-order valence-electron chi connectivity index (χ0n) is 7.99. The smallest absolute Gasteiger partial charge is 0.229 e. The van der Waals surface area contributed by atoms with Gasteiger partial charge in [0.05, 0.1) is 12.6 Å². The number of carbonyl (C=O) groups excluding carboxylic acids is 2. The van der Waals surface area contributed by atoms with Crippen LogP contribution in [-0.2, 0) is 9.59 Å². The molecule has 0 aromatic heterocycles. The van der Waals surface area contributed by atoms with Crippen molar-refractivity contribution in [2.75, 3.05) is 6.54 Å². The first-order valence-corrected chi connectivity index (χ1v) is 4.53. The monoisotopic (exact) mass is 185 g/mol. The predicted molar refractivity (Wildman–Crippen MR) is 46.8 cm³/mol. The Morgan fingerprint density at radius 2 is 1.77 bits per heavy atom. The van der Waals surface area contributed by atoms with E-state index in [1.54, 1.807) is 0 Å². The van der Waals surface area contributed by atoms with Gasteiger partial charge in [-0.3, -0.25) is 14.5 Å². The summed E-state index contributed by atoms with van der Waals surface area (Å²) in [5.41, 5.74) is 0. The van der Waals surface area contributed by atoms with E-state index in [1.165, 1.54) is 0 Å². The Morgan fingerprint density at radius 1 is 1.31 bits per heavy atom. The molecule has 1 unspecified atom stereocenters. The van der Waals surface area contributed by atoms with E-state index in [0.717, 1.165) is 4.90 Å². The summed E-state index contributed by atoms with van der Waals surface area (Å²) in [4.78, 5) is 23.4. The number of aliphatic hydroxyl groups is 1. The van der Waals surface area contributed by atoms with E-state index in [0.29, 0.717) is 12.8 Å². The molecule has 1 aliphatic heterocycles. The summed E-state index contributed by atoms with van der Waals surface area (Å²) in [6, 6.07) is 0. The third kappa shape index (κ3) is 2.28. The van der Waals surface area contributed by atoms with Crippen LogP contribution in [-0.4, -0.2) is 34.5 Å². The highest BCUT2D eigenvalue weighted by Gasteiger charge is 2.30. The van der Waals surface area contributed by atoms with Gasteiger partial charge in [0.2, 0.25) is 11.8 Å². The minimum atomic E-state index is -0.606. The molecule has 1 saturated heterocycles. The first-order valence-electron chi connectivity index (χ1n) is 4.53. The molecule has 0 spiro atoms. The van der Waals surface area contributed by atoms with Gasteiger partial charge < -0.3 is 5.11 Å². The van der Waals surface area contributed by atoms with Crippen LogP contribution < -0.4 is 0 Å². The van der Waals surface area contributed by atoms with Crippen molar-refractivity contribution in [3.63, 3.8) is 0 Å². The quantitative estimate of drug-likeness (QED) is 0.637. The predicted octanol–water partition coefficient (Wildman–Crippen LogP) is 0.152. The van der Waals surface area contributed by atoms with Crippen LogP contribution in [0.15, 0.2) is 0 Å². The molecule has 0 aliphatic carbocycles. The van der Waals surface area contributed by atoms with Crippen LogP contribution >= 0.6 is 0 Å². The largest absolute Gasteiger partial charge is 0.391 e. The lowest BCUT2D eigenvalue weighted by molar-refractivity contribution is -0.140. The molecule has 0 bridgehead atoms. The van der Waals surface area contributed by atoms with Crippen molar-refractivity contribution >= 4 is 11.8 Å². The number of rotatable bonds is 3. The molecular formula is C9H15NO3. The maximum atomic E-state index is 11.1. The van der Waals surface area contributed by atoms with Crippen LogP contribution in [0.1, 0.15) is 26.7 Å². The molecule has 1 N–H and O–H groups in total. The van der Waals surface area contributed by atoms with Gasteiger partial charge in [-0.15, -0.1) is 0 Å². The van der Waals surface area contributed by atoms with Crippen molar-refractivity contribution in [2.45, 2.75) is 32.8 Å². The molecule has 0 aromatic rings. The van der Waals surface area contributed by atoms with Crippen LogP contribution in [0.25, 0.3) is 0 Å². The van der Waals surface area contributed by atoms with Gasteiger partial charge in [0, 0.05) is 12.8 Å². The van der Waals surface area contributed by atoms with Crippen LogP contribution in [0.5, 0.6) is 0 Å². The highest BCUT2D eigenvalue weighted by Crippen LogP contribution is 2.14. The van der Waals surface area contributed by atoms with Crippen molar-refractivity contribution < 1.29 is 14.7 Å². The average molecular weight is 185 g/mol. The highest BCUT2D eigenvalue weighted by atomic mass is 16.3. The number of amides is 2. The Kier molecular flexibility index (Phi) is 3.03. The number of β-amino-alcohol motifs (C(OH)–C–C–N with tert-alkyl or cyclic N) is 1. The lowest BCUT2D eigenvalue weighted by Gasteiger charge is -2.20. The minimum absolute atomic E-state index is 0.0706. The van der Waals surface area contributed by atoms with Crippen molar-refractivity contribution in [2.24, 2.45) is 5.92 Å². The van der Waals surface area contributed by atoms with E-state index in [-0.39, 0.29) is 24.3 Å². The van der Waals surface area contributed by atoms with Crippen molar-refractivity contribution in [3.05, 3.63) is 0 Å². The van der Waals surface area contributed by atoms with Gasteiger partial charge >= 0.3 is 0 Å². The van der Waals surface area contributed by atoms with Crippen molar-refractivity contribution in [1.29, 1.82) is 0 Å². The molecule has 13 heavy (non-hydrogen) atoms. The Morgan fingerprint density at radius 3 is 2.15 bits per heavy atom. The van der Waals surface area contributed by atoms with Crippen molar-refractivity contribution in [3.8, 4) is 0 Å². The molecule has 2 amide bonds. The summed E-state index contributed by atoms with van der Waals surface area (Å²) in [7, 11) is 0. The third-order valence-electron chi connectivity index (χ3n) is 2.29. The van der Waals surface area contributed by atoms with E-state index in [9.17, 15) is 14.7 Å². The highest BCUT2D eigenvalue weighted by molar-refractivity contribution is 6.01. The van der Waals surface area contributed by atoms with E-state index in [4.69, 9.17) is 0 Å². The molecule has 1 fully saturated rings. The molecule has 74 valence electrons. The summed E-state index contributed by atoms with van der Waals surface area (Å²) >= 11 is 0. The van der Waals surface area contributed by atoms with Gasteiger partial charge in [-0.2, -0.15) is 0 Å². The molecule has 1 aliphatic rings. The average Bonchev–Trinajstić information content (AvgIpc) is 2.35. The topological polar surface area (TPSA) is 57.6 Å². The number of carbonyl (C=O) groups is 2. The van der Waals surface area contributed by atoms with E-state index >= 15 is 0 Å². The SMILES string of the molecule is CC(C)C(O)CN1C(=O)CCC1=O. The van der Waals surface area contributed by atoms with Gasteiger partial charge in [-0.1, -0.05) is 13.8 Å². The van der Waals surface area contributed by atoms with Crippen LogP contribution in [0.3, 0.4) is 0 Å². The standard InChI is InChI=1S/C9H15NO3/c1-6(2)7(11)5-10-8(12)3-4-9(10)13/h6-7,11H,3-5H2,1-2H3. The summed E-state index contributed by atoms with van der Waals surface area (Å²) in [5, 5.41) is 9.48. The lowest BCUT2D eigenvalue weighted by Crippen LogP contribution is -2.38. The summed E-state index contributed by atoms with van der Waals surface area (Å²) in [6.07, 6.45) is -0.0150. The second kappa shape index (κ2) is 3.87. The van der Waals surface area contributed by atoms with Crippen LogP contribution in [0, 0.1) is 5.92 Å². The van der Waals surface area contributed by atoms with E-state index in [2.05, 4.69) is 0 Å². The molecule has 0 aromatic carbocycles. The summed E-state index contributed by atoms with van der Waals surface area (Å²) < 4.78 is 0. The fourth-order valence-corrected chi connectivity index (χ4v) is 1.22. The lowest BCUT2D eigenvalue weighted by atomic mass is 10.1. The van der Waals surface area contributed by atoms with Gasteiger partial charge in [0.15, 0.2) is 0 Å². The minimum Gasteiger partial charge on any atom is -0.391 e. The molecule has 1 atom stereocenters. The van der Waals surface area contributed by atoms with Gasteiger partial charge in [-0.25, -0.2) is 0 Å². The second-order valence-corrected chi connectivity index (χ2v) is 3.71. The number of nitrogens with zero attached hydrogens (tertiary/aromatic N) is 1. The van der Waals surface area contributed by atoms with E-state index in [1.807, 2.05) is 13.8 Å². The summed E-state index contributed by atoms with van der Waals surface area (Å²) in [6.45, 7) is 3.86.